The fourth-order valence-corrected chi connectivity index (χ4v) is 3.49. The van der Waals surface area contributed by atoms with Crippen LogP contribution in [-0.2, 0) is 13.0 Å². The lowest BCUT2D eigenvalue weighted by Gasteiger charge is -2.34. The second-order valence-electron chi connectivity index (χ2n) is 6.45. The lowest BCUT2D eigenvalue weighted by atomic mass is 9.95. The van der Waals surface area contributed by atoms with E-state index in [4.69, 9.17) is 16.0 Å². The molecule has 2 atom stereocenters. The van der Waals surface area contributed by atoms with Gasteiger partial charge in [-0.15, -0.1) is 0 Å². The number of benzene rings is 1. The Kier molecular flexibility index (Phi) is 4.76. The molecule has 1 aromatic heterocycles. The van der Waals surface area contributed by atoms with Gasteiger partial charge in [0, 0.05) is 29.6 Å². The first kappa shape index (κ1) is 16.5. The predicted octanol–water partition coefficient (Wildman–Crippen LogP) is 3.21. The SMILES string of the molecule is CCc1cc2oc(=O)cc(CN3CCC(C)C(O)C3)c2cc1Cl. The van der Waals surface area contributed by atoms with E-state index in [1.54, 1.807) is 0 Å². The van der Waals surface area contributed by atoms with E-state index in [1.165, 1.54) is 6.07 Å². The van der Waals surface area contributed by atoms with Crippen LogP contribution < -0.4 is 5.63 Å². The molecule has 1 aliphatic rings. The van der Waals surface area contributed by atoms with E-state index in [2.05, 4.69) is 11.8 Å². The fraction of sp³-hybridized carbons (Fsp3) is 0.500. The minimum absolute atomic E-state index is 0.314. The second-order valence-corrected chi connectivity index (χ2v) is 6.86. The van der Waals surface area contributed by atoms with Crippen LogP contribution in [0.1, 0.15) is 31.4 Å². The summed E-state index contributed by atoms with van der Waals surface area (Å²) in [5.74, 6) is 0.324. The van der Waals surface area contributed by atoms with Crippen molar-refractivity contribution in [1.82, 2.24) is 4.90 Å². The van der Waals surface area contributed by atoms with Crippen molar-refractivity contribution in [2.75, 3.05) is 13.1 Å². The minimum atomic E-state index is -0.345. The first-order valence-corrected chi connectivity index (χ1v) is 8.51. The Hall–Kier alpha value is -1.36. The van der Waals surface area contributed by atoms with E-state index in [-0.39, 0.29) is 11.7 Å². The molecule has 3 rings (SSSR count). The van der Waals surface area contributed by atoms with Crippen LogP contribution in [0.5, 0.6) is 0 Å². The molecule has 0 spiro atoms. The monoisotopic (exact) mass is 335 g/mol. The van der Waals surface area contributed by atoms with Gasteiger partial charge in [0.2, 0.25) is 0 Å². The van der Waals surface area contributed by atoms with E-state index in [9.17, 15) is 9.90 Å². The summed E-state index contributed by atoms with van der Waals surface area (Å²) >= 11 is 6.33. The highest BCUT2D eigenvalue weighted by Gasteiger charge is 2.24. The maximum atomic E-state index is 11.9. The summed E-state index contributed by atoms with van der Waals surface area (Å²) in [7, 11) is 0. The number of aliphatic hydroxyl groups excluding tert-OH is 1. The Balaban J connectivity index is 1.97. The van der Waals surface area contributed by atoms with Gasteiger partial charge in [0.15, 0.2) is 0 Å². The predicted molar refractivity (Wildman–Crippen MR) is 91.9 cm³/mol. The van der Waals surface area contributed by atoms with Crippen LogP contribution in [0.3, 0.4) is 0 Å². The minimum Gasteiger partial charge on any atom is -0.423 e. The first-order valence-electron chi connectivity index (χ1n) is 8.13. The van der Waals surface area contributed by atoms with Crippen molar-refractivity contribution in [2.45, 2.75) is 39.3 Å². The number of β-amino-alcohol motifs (C(OH)–C–C–N with tert-alkyl or cyclic N) is 1. The Morgan fingerprint density at radius 2 is 2.13 bits per heavy atom. The number of hydrogen-bond acceptors (Lipinski definition) is 4. The molecule has 1 N–H and O–H groups in total. The molecule has 2 unspecified atom stereocenters. The molecule has 2 heterocycles. The maximum Gasteiger partial charge on any atom is 0.336 e. The van der Waals surface area contributed by atoms with E-state index in [0.29, 0.717) is 29.6 Å². The van der Waals surface area contributed by atoms with Crippen molar-refractivity contribution in [1.29, 1.82) is 0 Å². The normalized spacial score (nSPS) is 22.6. The van der Waals surface area contributed by atoms with E-state index in [0.717, 1.165) is 35.9 Å². The lowest BCUT2D eigenvalue weighted by Crippen LogP contribution is -2.42. The lowest BCUT2D eigenvalue weighted by molar-refractivity contribution is 0.0260. The molecule has 5 heteroatoms. The summed E-state index contributed by atoms with van der Waals surface area (Å²) in [6.45, 7) is 6.25. The number of fused-ring (bicyclic) bond motifs is 1. The van der Waals surface area contributed by atoms with E-state index < -0.39 is 0 Å². The largest absolute Gasteiger partial charge is 0.423 e. The van der Waals surface area contributed by atoms with Gasteiger partial charge in [0.1, 0.15) is 5.58 Å². The highest BCUT2D eigenvalue weighted by atomic mass is 35.5. The summed E-state index contributed by atoms with van der Waals surface area (Å²) in [6.07, 6.45) is 1.44. The third kappa shape index (κ3) is 3.44. The number of aryl methyl sites for hydroxylation is 1. The van der Waals surface area contributed by atoms with Crippen molar-refractivity contribution in [2.24, 2.45) is 5.92 Å². The van der Waals surface area contributed by atoms with Crippen molar-refractivity contribution >= 4 is 22.6 Å². The molecular formula is C18H22ClNO3. The van der Waals surface area contributed by atoms with Gasteiger partial charge >= 0.3 is 5.63 Å². The molecule has 1 fully saturated rings. The highest BCUT2D eigenvalue weighted by Crippen LogP contribution is 2.27. The summed E-state index contributed by atoms with van der Waals surface area (Å²) in [5.41, 5.74) is 2.12. The molecular weight excluding hydrogens is 314 g/mol. The van der Waals surface area contributed by atoms with Crippen molar-refractivity contribution < 1.29 is 9.52 Å². The summed E-state index contributed by atoms with van der Waals surface area (Å²) in [5, 5.41) is 11.6. The van der Waals surface area contributed by atoms with Crippen LogP contribution in [0, 0.1) is 5.92 Å². The standard InChI is InChI=1S/C18H22ClNO3/c1-3-12-6-17-14(8-15(12)19)13(7-18(22)23-17)9-20-5-4-11(2)16(21)10-20/h6-8,11,16,21H,3-5,9-10H2,1-2H3. The molecule has 124 valence electrons. The van der Waals surface area contributed by atoms with Gasteiger partial charge in [-0.2, -0.15) is 0 Å². The average Bonchev–Trinajstić information content (AvgIpc) is 2.51. The Morgan fingerprint density at radius 1 is 1.35 bits per heavy atom. The molecule has 1 aromatic carbocycles. The highest BCUT2D eigenvalue weighted by molar-refractivity contribution is 6.32. The average molecular weight is 336 g/mol. The van der Waals surface area contributed by atoms with Crippen LogP contribution in [0.4, 0.5) is 0 Å². The van der Waals surface area contributed by atoms with Crippen molar-refractivity contribution in [3.05, 3.63) is 44.8 Å². The number of likely N-dealkylation sites (tertiary alicyclic amines) is 1. The van der Waals surface area contributed by atoms with Crippen LogP contribution in [0.25, 0.3) is 11.0 Å². The second kappa shape index (κ2) is 6.63. The van der Waals surface area contributed by atoms with Gasteiger partial charge in [-0.05, 0) is 48.6 Å². The van der Waals surface area contributed by atoms with Gasteiger partial charge in [-0.1, -0.05) is 25.4 Å². The summed E-state index contributed by atoms with van der Waals surface area (Å²) in [6, 6.07) is 5.28. The van der Waals surface area contributed by atoms with Crippen LogP contribution in [0.2, 0.25) is 5.02 Å². The molecule has 1 aliphatic heterocycles. The zero-order valence-electron chi connectivity index (χ0n) is 13.5. The Bertz CT molecular complexity index is 771. The summed E-state index contributed by atoms with van der Waals surface area (Å²) < 4.78 is 5.35. The van der Waals surface area contributed by atoms with Gasteiger partial charge in [0.25, 0.3) is 0 Å². The first-order chi connectivity index (χ1) is 11.0. The molecule has 4 nitrogen and oxygen atoms in total. The maximum absolute atomic E-state index is 11.9. The zero-order chi connectivity index (χ0) is 16.6. The fourth-order valence-electron chi connectivity index (χ4n) is 3.19. The van der Waals surface area contributed by atoms with Gasteiger partial charge < -0.3 is 9.52 Å². The smallest absolute Gasteiger partial charge is 0.336 e. The number of nitrogens with zero attached hydrogens (tertiary/aromatic N) is 1. The summed E-state index contributed by atoms with van der Waals surface area (Å²) in [4.78, 5) is 14.1. The molecule has 0 amide bonds. The van der Waals surface area contributed by atoms with Crippen molar-refractivity contribution in [3.63, 3.8) is 0 Å². The number of piperidine rings is 1. The molecule has 0 saturated carbocycles. The molecule has 0 aliphatic carbocycles. The number of halogens is 1. The third-order valence-corrected chi connectivity index (χ3v) is 5.13. The van der Waals surface area contributed by atoms with E-state index in [1.807, 2.05) is 19.1 Å². The van der Waals surface area contributed by atoms with Crippen LogP contribution >= 0.6 is 11.6 Å². The molecule has 0 bridgehead atoms. The third-order valence-electron chi connectivity index (χ3n) is 4.77. The quantitative estimate of drug-likeness (QED) is 0.875. The topological polar surface area (TPSA) is 53.7 Å². The number of hydrogen-bond donors (Lipinski definition) is 1. The van der Waals surface area contributed by atoms with Gasteiger partial charge in [0.05, 0.1) is 6.10 Å². The molecule has 1 saturated heterocycles. The zero-order valence-corrected chi connectivity index (χ0v) is 14.3. The van der Waals surface area contributed by atoms with Crippen molar-refractivity contribution in [3.8, 4) is 0 Å². The van der Waals surface area contributed by atoms with E-state index >= 15 is 0 Å². The van der Waals surface area contributed by atoms with Gasteiger partial charge in [-0.25, -0.2) is 4.79 Å². The molecule has 23 heavy (non-hydrogen) atoms. The Labute approximate surface area is 140 Å². The number of aliphatic hydroxyl groups is 1. The van der Waals surface area contributed by atoms with Gasteiger partial charge in [-0.3, -0.25) is 4.90 Å². The Morgan fingerprint density at radius 3 is 2.83 bits per heavy atom. The molecule has 0 radical (unpaired) electrons. The molecule has 2 aromatic rings. The van der Waals surface area contributed by atoms with Crippen LogP contribution in [0.15, 0.2) is 27.4 Å². The number of rotatable bonds is 3. The van der Waals surface area contributed by atoms with Crippen LogP contribution in [-0.4, -0.2) is 29.2 Å².